The molecule has 0 saturated heterocycles. The van der Waals surface area contributed by atoms with Crippen molar-refractivity contribution < 1.29 is 4.74 Å². The van der Waals surface area contributed by atoms with Crippen LogP contribution >= 0.6 is 0 Å². The number of ether oxygens (including phenoxy) is 1. The van der Waals surface area contributed by atoms with Crippen molar-refractivity contribution in [3.8, 4) is 0 Å². The highest BCUT2D eigenvalue weighted by Gasteiger charge is 2.48. The van der Waals surface area contributed by atoms with Gasteiger partial charge in [0, 0.05) is 5.41 Å². The lowest BCUT2D eigenvalue weighted by molar-refractivity contribution is -0.0560. The number of hydrogen-bond acceptors (Lipinski definition) is 1. The van der Waals surface area contributed by atoms with Gasteiger partial charge in [0.05, 0.1) is 11.2 Å². The van der Waals surface area contributed by atoms with Gasteiger partial charge in [0.25, 0.3) is 0 Å². The van der Waals surface area contributed by atoms with Crippen LogP contribution in [0.25, 0.3) is 0 Å². The molecule has 0 aromatic carbocycles. The first-order chi connectivity index (χ1) is 8.41. The molecular formula is C18H28O. The average Bonchev–Trinajstić information content (AvgIpc) is 2.47. The monoisotopic (exact) mass is 260 g/mol. The quantitative estimate of drug-likeness (QED) is 0.630. The summed E-state index contributed by atoms with van der Waals surface area (Å²) in [6.07, 6.45) is 2.33. The molecule has 0 radical (unpaired) electrons. The smallest absolute Gasteiger partial charge is 0.0890 e. The Balaban J connectivity index is 2.67. The first-order valence-corrected chi connectivity index (χ1v) is 7.24. The van der Waals surface area contributed by atoms with Gasteiger partial charge in [0.2, 0.25) is 0 Å². The number of rotatable bonds is 1. The molecule has 0 unspecified atom stereocenters. The number of allylic oxidation sites excluding steroid dienone is 3. The van der Waals surface area contributed by atoms with Gasteiger partial charge in [-0.25, -0.2) is 0 Å². The van der Waals surface area contributed by atoms with Gasteiger partial charge in [-0.05, 0) is 70.8 Å². The van der Waals surface area contributed by atoms with Crippen LogP contribution in [-0.4, -0.2) is 11.2 Å². The molecule has 0 atom stereocenters. The highest BCUT2D eigenvalue weighted by molar-refractivity contribution is 5.59. The summed E-state index contributed by atoms with van der Waals surface area (Å²) in [5, 5.41) is 0. The van der Waals surface area contributed by atoms with Crippen molar-refractivity contribution >= 4 is 0 Å². The van der Waals surface area contributed by atoms with E-state index in [1.807, 2.05) is 0 Å². The molecule has 1 aliphatic carbocycles. The van der Waals surface area contributed by atoms with Crippen LogP contribution in [0.1, 0.15) is 62.3 Å². The summed E-state index contributed by atoms with van der Waals surface area (Å²) in [6, 6.07) is 0. The van der Waals surface area contributed by atoms with Crippen LogP contribution in [-0.2, 0) is 4.74 Å². The van der Waals surface area contributed by atoms with Gasteiger partial charge in [0.1, 0.15) is 0 Å². The van der Waals surface area contributed by atoms with Crippen molar-refractivity contribution in [2.75, 3.05) is 0 Å². The Morgan fingerprint density at radius 1 is 0.789 bits per heavy atom. The van der Waals surface area contributed by atoms with Gasteiger partial charge in [0.15, 0.2) is 0 Å². The molecule has 19 heavy (non-hydrogen) atoms. The second-order valence-electron chi connectivity index (χ2n) is 7.63. The molecule has 0 fully saturated rings. The van der Waals surface area contributed by atoms with E-state index in [-0.39, 0.29) is 16.6 Å². The molecule has 0 saturated carbocycles. The first-order valence-electron chi connectivity index (χ1n) is 7.24. The Hall–Kier alpha value is -0.820. The van der Waals surface area contributed by atoms with E-state index in [4.69, 9.17) is 4.74 Å². The molecule has 1 nitrogen and oxygen atoms in total. The Kier molecular flexibility index (Phi) is 2.96. The molecule has 2 rings (SSSR count). The second kappa shape index (κ2) is 3.85. The minimum Gasteiger partial charge on any atom is -0.361 e. The predicted molar refractivity (Wildman–Crippen MR) is 82.2 cm³/mol. The second-order valence-corrected chi connectivity index (χ2v) is 7.63. The van der Waals surface area contributed by atoms with Crippen molar-refractivity contribution in [3.05, 3.63) is 33.9 Å². The zero-order valence-corrected chi connectivity index (χ0v) is 14.0. The third-order valence-corrected chi connectivity index (χ3v) is 5.08. The van der Waals surface area contributed by atoms with Gasteiger partial charge in [-0.2, -0.15) is 0 Å². The summed E-state index contributed by atoms with van der Waals surface area (Å²) in [5.41, 5.74) is 6.83. The van der Waals surface area contributed by atoms with Gasteiger partial charge in [-0.15, -0.1) is 0 Å². The molecule has 0 spiro atoms. The zero-order chi connectivity index (χ0) is 14.8. The minimum absolute atomic E-state index is 0.113. The van der Waals surface area contributed by atoms with Crippen molar-refractivity contribution in [1.82, 2.24) is 0 Å². The summed E-state index contributed by atoms with van der Waals surface area (Å²) in [4.78, 5) is 0. The summed E-state index contributed by atoms with van der Waals surface area (Å²) in [7, 11) is 0. The van der Waals surface area contributed by atoms with Gasteiger partial charge < -0.3 is 4.74 Å². The predicted octanol–water partition coefficient (Wildman–Crippen LogP) is 5.19. The summed E-state index contributed by atoms with van der Waals surface area (Å²) >= 11 is 0. The fraction of sp³-hybridized carbons (Fsp3) is 0.667. The van der Waals surface area contributed by atoms with E-state index in [1.54, 1.807) is 0 Å². The Morgan fingerprint density at radius 2 is 1.32 bits per heavy atom. The van der Waals surface area contributed by atoms with Gasteiger partial charge in [-0.3, -0.25) is 0 Å². The fourth-order valence-corrected chi connectivity index (χ4v) is 3.78. The Morgan fingerprint density at radius 3 is 1.63 bits per heavy atom. The van der Waals surface area contributed by atoms with Crippen LogP contribution in [0.4, 0.5) is 0 Å². The molecule has 2 aliphatic rings. The van der Waals surface area contributed by atoms with E-state index < -0.39 is 0 Å². The van der Waals surface area contributed by atoms with E-state index in [0.717, 1.165) is 0 Å². The van der Waals surface area contributed by atoms with Crippen molar-refractivity contribution in [1.29, 1.82) is 0 Å². The normalized spacial score (nSPS) is 28.2. The molecule has 1 heterocycles. The molecule has 0 aromatic rings. The molecule has 0 amide bonds. The van der Waals surface area contributed by atoms with E-state index in [0.29, 0.717) is 0 Å². The molecule has 106 valence electrons. The third-order valence-electron chi connectivity index (χ3n) is 5.08. The van der Waals surface area contributed by atoms with E-state index >= 15 is 0 Å². The largest absolute Gasteiger partial charge is 0.361 e. The Labute approximate surface area is 118 Å². The lowest BCUT2D eigenvalue weighted by atomic mass is 9.72. The zero-order valence-electron chi connectivity index (χ0n) is 14.0. The highest BCUT2D eigenvalue weighted by atomic mass is 16.5. The lowest BCUT2D eigenvalue weighted by Gasteiger charge is -2.33. The molecule has 0 N–H and O–H groups in total. The van der Waals surface area contributed by atoms with Gasteiger partial charge in [-0.1, -0.05) is 25.5 Å². The molecular weight excluding hydrogens is 232 g/mol. The van der Waals surface area contributed by atoms with E-state index in [1.165, 1.54) is 27.9 Å². The highest BCUT2D eigenvalue weighted by Crippen LogP contribution is 2.54. The standard InChI is InChI=1S/C18H28O/c1-11-10-12(2)16(4,5)14(11)15-13(3)17(6,7)19-18(15,8)9/h10H,1-9H3. The fourth-order valence-electron chi connectivity index (χ4n) is 3.78. The van der Waals surface area contributed by atoms with E-state index in [2.05, 4.69) is 68.4 Å². The maximum atomic E-state index is 6.32. The summed E-state index contributed by atoms with van der Waals surface area (Å²) < 4.78 is 6.32. The molecule has 0 bridgehead atoms. The molecule has 1 heteroatoms. The Bertz CT molecular complexity index is 522. The van der Waals surface area contributed by atoms with Crippen molar-refractivity contribution in [3.63, 3.8) is 0 Å². The summed E-state index contributed by atoms with van der Waals surface area (Å²) in [5.74, 6) is 0. The molecule has 1 aliphatic heterocycles. The topological polar surface area (TPSA) is 9.23 Å². The van der Waals surface area contributed by atoms with Gasteiger partial charge >= 0.3 is 0 Å². The van der Waals surface area contributed by atoms with Crippen molar-refractivity contribution in [2.24, 2.45) is 5.41 Å². The van der Waals surface area contributed by atoms with Crippen molar-refractivity contribution in [2.45, 2.75) is 73.5 Å². The van der Waals surface area contributed by atoms with Crippen LogP contribution < -0.4 is 0 Å². The van der Waals surface area contributed by atoms with Crippen LogP contribution in [0.3, 0.4) is 0 Å². The minimum atomic E-state index is -0.208. The average molecular weight is 260 g/mol. The van der Waals surface area contributed by atoms with Crippen LogP contribution in [0.15, 0.2) is 33.9 Å². The van der Waals surface area contributed by atoms with Crippen LogP contribution in [0.2, 0.25) is 0 Å². The maximum absolute atomic E-state index is 6.32. The SMILES string of the molecule is CC1=CC(C)=C(C2=C(C)C(C)(C)OC2(C)C)C1(C)C. The lowest BCUT2D eigenvalue weighted by Crippen LogP contribution is -2.31. The van der Waals surface area contributed by atoms with Crippen LogP contribution in [0.5, 0.6) is 0 Å². The third kappa shape index (κ3) is 1.94. The molecule has 0 aromatic heterocycles. The van der Waals surface area contributed by atoms with Crippen LogP contribution in [0, 0.1) is 5.41 Å². The number of hydrogen-bond donors (Lipinski definition) is 0. The first kappa shape index (κ1) is 14.6. The summed E-state index contributed by atoms with van der Waals surface area (Å²) in [6.45, 7) is 20.1. The maximum Gasteiger partial charge on any atom is 0.0890 e. The van der Waals surface area contributed by atoms with E-state index in [9.17, 15) is 0 Å².